The Balaban J connectivity index is 1.40. The van der Waals surface area contributed by atoms with E-state index in [1.54, 1.807) is 14.2 Å². The van der Waals surface area contributed by atoms with Crippen molar-refractivity contribution in [1.82, 2.24) is 23.6 Å². The molecule has 2 aromatic heterocycles. The number of hydrogen-bond donors (Lipinski definition) is 0. The maximum atomic E-state index is 13.1. The van der Waals surface area contributed by atoms with Gasteiger partial charge in [-0.15, -0.1) is 0 Å². The fraction of sp³-hybridized carbons (Fsp3) is 0.321. The van der Waals surface area contributed by atoms with Gasteiger partial charge in [0.05, 0.1) is 13.7 Å². The molecule has 0 spiro atoms. The van der Waals surface area contributed by atoms with Gasteiger partial charge in [0, 0.05) is 52.5 Å². The van der Waals surface area contributed by atoms with Crippen molar-refractivity contribution in [3.05, 3.63) is 92.9 Å². The third-order valence-electron chi connectivity index (χ3n) is 7.00. The lowest BCUT2D eigenvalue weighted by molar-refractivity contribution is 0.241. The summed E-state index contributed by atoms with van der Waals surface area (Å²) in [5.74, 6) is 1.63. The Morgan fingerprint density at radius 2 is 1.62 bits per heavy atom. The second-order valence-corrected chi connectivity index (χ2v) is 9.29. The summed E-state index contributed by atoms with van der Waals surface area (Å²) in [6.45, 7) is 4.60. The van der Waals surface area contributed by atoms with Crippen LogP contribution in [0.5, 0.6) is 5.75 Å². The highest BCUT2D eigenvalue weighted by Crippen LogP contribution is 2.21. The molecule has 5 rings (SSSR count). The summed E-state index contributed by atoms with van der Waals surface area (Å²) < 4.78 is 9.83. The van der Waals surface area contributed by atoms with Crippen molar-refractivity contribution in [1.29, 1.82) is 0 Å². The zero-order chi connectivity index (χ0) is 25.9. The van der Waals surface area contributed by atoms with Gasteiger partial charge >= 0.3 is 5.69 Å². The molecule has 0 aliphatic carbocycles. The highest BCUT2D eigenvalue weighted by atomic mass is 16.5. The number of imidazole rings is 1. The van der Waals surface area contributed by atoms with E-state index in [0.29, 0.717) is 24.3 Å². The quantitative estimate of drug-likeness (QED) is 0.388. The predicted molar refractivity (Wildman–Crippen MR) is 146 cm³/mol. The largest absolute Gasteiger partial charge is 0.497 e. The SMILES string of the molecule is COc1ccc(N2CCN(Cc3nc4c(c(=O)n(C)c(=O)n4C)n3C/C=C/c3ccccc3)CC2)cc1. The highest BCUT2D eigenvalue weighted by molar-refractivity contribution is 5.71. The summed E-state index contributed by atoms with van der Waals surface area (Å²) in [5.41, 5.74) is 2.44. The average molecular weight is 501 g/mol. The van der Waals surface area contributed by atoms with Crippen LogP contribution in [0.4, 0.5) is 5.69 Å². The van der Waals surface area contributed by atoms with Gasteiger partial charge in [-0.1, -0.05) is 42.5 Å². The third-order valence-corrected chi connectivity index (χ3v) is 7.00. The molecule has 0 amide bonds. The molecule has 3 heterocycles. The van der Waals surface area contributed by atoms with Crippen LogP contribution in [0.1, 0.15) is 11.4 Å². The molecule has 0 bridgehead atoms. The topological polar surface area (TPSA) is 77.5 Å². The van der Waals surface area contributed by atoms with E-state index >= 15 is 0 Å². The predicted octanol–water partition coefficient (Wildman–Crippen LogP) is 2.48. The molecule has 4 aromatic rings. The number of aryl methyl sites for hydroxylation is 1. The number of anilines is 1. The fourth-order valence-corrected chi connectivity index (χ4v) is 4.82. The van der Waals surface area contributed by atoms with Crippen molar-refractivity contribution in [2.24, 2.45) is 14.1 Å². The first-order valence-electron chi connectivity index (χ1n) is 12.4. The number of fused-ring (bicyclic) bond motifs is 1. The molecule has 0 unspecified atom stereocenters. The van der Waals surface area contributed by atoms with Crippen LogP contribution >= 0.6 is 0 Å². The number of allylic oxidation sites excluding steroid dienone is 1. The molecule has 9 nitrogen and oxygen atoms in total. The van der Waals surface area contributed by atoms with E-state index in [-0.39, 0.29) is 11.2 Å². The Kier molecular flexibility index (Phi) is 6.96. The van der Waals surface area contributed by atoms with Gasteiger partial charge < -0.3 is 14.2 Å². The van der Waals surface area contributed by atoms with E-state index in [0.717, 1.165) is 47.9 Å². The molecule has 0 radical (unpaired) electrons. The molecule has 0 atom stereocenters. The van der Waals surface area contributed by atoms with Gasteiger partial charge in [0.1, 0.15) is 11.6 Å². The molecule has 1 saturated heterocycles. The maximum Gasteiger partial charge on any atom is 0.332 e. The fourth-order valence-electron chi connectivity index (χ4n) is 4.82. The first-order chi connectivity index (χ1) is 18.0. The minimum Gasteiger partial charge on any atom is -0.497 e. The van der Waals surface area contributed by atoms with E-state index in [1.807, 2.05) is 59.2 Å². The zero-order valence-electron chi connectivity index (χ0n) is 21.5. The number of methoxy groups -OCH3 is 1. The Morgan fingerprint density at radius 1 is 0.919 bits per heavy atom. The molecule has 9 heteroatoms. The van der Waals surface area contributed by atoms with E-state index in [1.165, 1.54) is 17.3 Å². The molecular formula is C28H32N6O3. The standard InChI is InChI=1S/C28H32N6O3/c1-30-26-25(27(35)31(2)28(30)36)34(15-7-10-21-8-5-4-6-9-21)24(29-26)20-32-16-18-33(19-17-32)22-11-13-23(37-3)14-12-22/h4-14H,15-20H2,1-3H3/b10-7+. The highest BCUT2D eigenvalue weighted by Gasteiger charge is 2.23. The van der Waals surface area contributed by atoms with Crippen LogP contribution in [0.2, 0.25) is 0 Å². The lowest BCUT2D eigenvalue weighted by Gasteiger charge is -2.36. The molecule has 37 heavy (non-hydrogen) atoms. The monoisotopic (exact) mass is 500 g/mol. The van der Waals surface area contributed by atoms with E-state index in [2.05, 4.69) is 21.9 Å². The Morgan fingerprint density at radius 3 is 2.30 bits per heavy atom. The van der Waals surface area contributed by atoms with Gasteiger partial charge in [0.2, 0.25) is 0 Å². The summed E-state index contributed by atoms with van der Waals surface area (Å²) >= 11 is 0. The second-order valence-electron chi connectivity index (χ2n) is 9.29. The van der Waals surface area contributed by atoms with Gasteiger partial charge in [-0.05, 0) is 29.8 Å². The van der Waals surface area contributed by atoms with Crippen LogP contribution in [0, 0.1) is 0 Å². The Hall–Kier alpha value is -4.11. The van der Waals surface area contributed by atoms with E-state index < -0.39 is 0 Å². The third kappa shape index (κ3) is 4.95. The lowest BCUT2D eigenvalue weighted by Crippen LogP contribution is -2.46. The van der Waals surface area contributed by atoms with Crippen LogP contribution in [-0.4, -0.2) is 56.9 Å². The van der Waals surface area contributed by atoms with Gasteiger partial charge in [-0.2, -0.15) is 0 Å². The van der Waals surface area contributed by atoms with Gasteiger partial charge in [0.15, 0.2) is 11.2 Å². The number of nitrogens with zero attached hydrogens (tertiary/aromatic N) is 6. The smallest absolute Gasteiger partial charge is 0.332 e. The summed E-state index contributed by atoms with van der Waals surface area (Å²) in [4.78, 5) is 35.2. The molecule has 2 aromatic carbocycles. The average Bonchev–Trinajstić information content (AvgIpc) is 3.29. The number of benzene rings is 2. The normalized spacial score (nSPS) is 14.6. The van der Waals surface area contributed by atoms with Crippen molar-refractivity contribution < 1.29 is 4.74 Å². The number of hydrogen-bond acceptors (Lipinski definition) is 6. The minimum absolute atomic E-state index is 0.325. The first-order valence-corrected chi connectivity index (χ1v) is 12.4. The molecule has 0 N–H and O–H groups in total. The van der Waals surface area contributed by atoms with Gasteiger partial charge in [-0.3, -0.25) is 18.8 Å². The number of piperazine rings is 1. The van der Waals surface area contributed by atoms with Crippen molar-refractivity contribution in [3.63, 3.8) is 0 Å². The van der Waals surface area contributed by atoms with Crippen LogP contribution in [0.25, 0.3) is 17.2 Å². The molecule has 1 fully saturated rings. The van der Waals surface area contributed by atoms with Gasteiger partial charge in [-0.25, -0.2) is 9.78 Å². The number of rotatable bonds is 7. The summed E-state index contributed by atoms with van der Waals surface area (Å²) in [6.07, 6.45) is 4.07. The molecule has 192 valence electrons. The van der Waals surface area contributed by atoms with Crippen molar-refractivity contribution >= 4 is 22.9 Å². The zero-order valence-corrected chi connectivity index (χ0v) is 21.5. The van der Waals surface area contributed by atoms with Crippen molar-refractivity contribution in [2.75, 3.05) is 38.2 Å². The lowest BCUT2D eigenvalue weighted by atomic mass is 10.2. The minimum atomic E-state index is -0.373. The molecule has 1 aliphatic rings. The molecular weight excluding hydrogens is 468 g/mol. The number of ether oxygens (including phenoxy) is 1. The molecule has 1 aliphatic heterocycles. The van der Waals surface area contributed by atoms with Crippen LogP contribution < -0.4 is 20.9 Å². The maximum absolute atomic E-state index is 13.1. The summed E-state index contributed by atoms with van der Waals surface area (Å²) in [6, 6.07) is 18.2. The first kappa shape index (κ1) is 24.6. The number of aromatic nitrogens is 4. The molecule has 0 saturated carbocycles. The Labute approximate surface area is 215 Å². The van der Waals surface area contributed by atoms with Crippen LogP contribution in [0.3, 0.4) is 0 Å². The Bertz CT molecular complexity index is 1520. The van der Waals surface area contributed by atoms with E-state index in [4.69, 9.17) is 9.72 Å². The van der Waals surface area contributed by atoms with Crippen LogP contribution in [0.15, 0.2) is 70.3 Å². The van der Waals surface area contributed by atoms with Gasteiger partial charge in [0.25, 0.3) is 5.56 Å². The summed E-state index contributed by atoms with van der Waals surface area (Å²) in [5, 5.41) is 0. The second kappa shape index (κ2) is 10.5. The summed E-state index contributed by atoms with van der Waals surface area (Å²) in [7, 11) is 4.85. The van der Waals surface area contributed by atoms with E-state index in [9.17, 15) is 9.59 Å². The van der Waals surface area contributed by atoms with Crippen molar-refractivity contribution in [2.45, 2.75) is 13.1 Å². The van der Waals surface area contributed by atoms with Crippen molar-refractivity contribution in [3.8, 4) is 5.75 Å². The van der Waals surface area contributed by atoms with Crippen LogP contribution in [-0.2, 0) is 27.2 Å².